The number of phenolic OH excluding ortho intramolecular Hbond substituents is 2. The molecule has 0 saturated heterocycles. The molecule has 2 heterocycles. The standard InChI is InChI=1S/C20H17N5O6/c1-29-15-6-5-12(10-4-3-7-22-17(10)15)25-18(23-24-20(25)31-19(21)28)11-8-16(30-2)14(27)9-13(11)26/h3-9,26-27H,1-2H3,(H2,21,28). The van der Waals surface area contributed by atoms with Crippen molar-refractivity contribution in [3.05, 3.63) is 42.6 Å². The van der Waals surface area contributed by atoms with Crippen LogP contribution in [-0.4, -0.2) is 50.3 Å². The topological polar surface area (TPSA) is 155 Å². The van der Waals surface area contributed by atoms with Crippen molar-refractivity contribution in [2.75, 3.05) is 14.2 Å². The lowest BCUT2D eigenvalue weighted by Gasteiger charge is -2.15. The van der Waals surface area contributed by atoms with Crippen molar-refractivity contribution in [3.8, 4) is 46.1 Å². The lowest BCUT2D eigenvalue weighted by molar-refractivity contribution is 0.206. The molecule has 2 aromatic carbocycles. The SMILES string of the molecule is COc1cc(-c2nnc(OC(N)=O)n2-c2ccc(OC)c3ncccc23)c(O)cc1O. The maximum atomic E-state index is 11.5. The maximum Gasteiger partial charge on any atom is 0.412 e. The Kier molecular flexibility index (Phi) is 4.91. The van der Waals surface area contributed by atoms with E-state index in [1.807, 2.05) is 0 Å². The number of primary amides is 1. The first-order valence-corrected chi connectivity index (χ1v) is 8.89. The number of carbonyl (C=O) groups excluding carboxylic acids is 1. The number of carbonyl (C=O) groups is 1. The summed E-state index contributed by atoms with van der Waals surface area (Å²) in [5.41, 5.74) is 6.38. The molecule has 0 aliphatic rings. The van der Waals surface area contributed by atoms with Crippen molar-refractivity contribution in [1.29, 1.82) is 0 Å². The second kappa shape index (κ2) is 7.71. The second-order valence-electron chi connectivity index (χ2n) is 6.29. The summed E-state index contributed by atoms with van der Waals surface area (Å²) < 4.78 is 16.9. The minimum absolute atomic E-state index is 0.0981. The third-order valence-corrected chi connectivity index (χ3v) is 4.53. The zero-order valence-corrected chi connectivity index (χ0v) is 16.4. The number of amides is 1. The molecule has 11 heteroatoms. The zero-order valence-electron chi connectivity index (χ0n) is 16.4. The fourth-order valence-corrected chi connectivity index (χ4v) is 3.21. The van der Waals surface area contributed by atoms with Crippen molar-refractivity contribution in [2.45, 2.75) is 0 Å². The summed E-state index contributed by atoms with van der Waals surface area (Å²) in [5, 5.41) is 29.0. The zero-order chi connectivity index (χ0) is 22.1. The number of rotatable bonds is 5. The van der Waals surface area contributed by atoms with Crippen LogP contribution in [0.3, 0.4) is 0 Å². The molecule has 0 unspecified atom stereocenters. The van der Waals surface area contributed by atoms with Crippen LogP contribution in [0.25, 0.3) is 28.0 Å². The molecule has 0 atom stereocenters. The van der Waals surface area contributed by atoms with Crippen LogP contribution in [0.2, 0.25) is 0 Å². The van der Waals surface area contributed by atoms with Gasteiger partial charge >= 0.3 is 12.1 Å². The Bertz CT molecular complexity index is 1300. The summed E-state index contributed by atoms with van der Waals surface area (Å²) in [6.07, 6.45) is 0.516. The summed E-state index contributed by atoms with van der Waals surface area (Å²) in [6, 6.07) is 9.14. The number of hydrogen-bond acceptors (Lipinski definition) is 9. The van der Waals surface area contributed by atoms with Crippen molar-refractivity contribution in [3.63, 3.8) is 0 Å². The number of phenols is 2. The molecule has 2 aromatic heterocycles. The molecule has 0 aliphatic heterocycles. The van der Waals surface area contributed by atoms with Crippen LogP contribution in [0.1, 0.15) is 0 Å². The lowest BCUT2D eigenvalue weighted by atomic mass is 10.1. The van der Waals surface area contributed by atoms with Gasteiger partial charge in [-0.15, -0.1) is 5.10 Å². The molecule has 0 saturated carbocycles. The average Bonchev–Trinajstić information content (AvgIpc) is 3.15. The lowest BCUT2D eigenvalue weighted by Crippen LogP contribution is -2.18. The minimum atomic E-state index is -1.09. The van der Waals surface area contributed by atoms with Gasteiger partial charge in [0.15, 0.2) is 17.3 Å². The van der Waals surface area contributed by atoms with Crippen LogP contribution in [0.5, 0.6) is 29.0 Å². The highest BCUT2D eigenvalue weighted by Crippen LogP contribution is 2.41. The molecular formula is C20H17N5O6. The minimum Gasteiger partial charge on any atom is -0.507 e. The Labute approximate surface area is 175 Å². The van der Waals surface area contributed by atoms with E-state index in [1.165, 1.54) is 24.9 Å². The van der Waals surface area contributed by atoms with Gasteiger partial charge in [0.25, 0.3) is 0 Å². The number of hydrogen-bond donors (Lipinski definition) is 3. The summed E-state index contributed by atoms with van der Waals surface area (Å²) in [5.74, 6) is 0.167. The van der Waals surface area contributed by atoms with E-state index in [4.69, 9.17) is 19.9 Å². The van der Waals surface area contributed by atoms with Crippen molar-refractivity contribution in [2.24, 2.45) is 5.73 Å². The van der Waals surface area contributed by atoms with Crippen molar-refractivity contribution in [1.82, 2.24) is 19.7 Å². The Balaban J connectivity index is 2.05. The molecule has 158 valence electrons. The summed E-state index contributed by atoms with van der Waals surface area (Å²) >= 11 is 0. The molecule has 4 aromatic rings. The molecule has 4 N–H and O–H groups in total. The number of benzene rings is 2. The van der Waals surface area contributed by atoms with Gasteiger partial charge in [-0.3, -0.25) is 4.98 Å². The van der Waals surface area contributed by atoms with E-state index < -0.39 is 6.09 Å². The number of nitrogens with two attached hydrogens (primary N) is 1. The number of aromatic nitrogens is 4. The highest BCUT2D eigenvalue weighted by atomic mass is 16.6. The Morgan fingerprint density at radius 2 is 1.81 bits per heavy atom. The highest BCUT2D eigenvalue weighted by molar-refractivity contribution is 5.92. The van der Waals surface area contributed by atoms with Crippen LogP contribution >= 0.6 is 0 Å². The Morgan fingerprint density at radius 1 is 1.03 bits per heavy atom. The first-order valence-electron chi connectivity index (χ1n) is 8.89. The van der Waals surface area contributed by atoms with E-state index >= 15 is 0 Å². The first-order chi connectivity index (χ1) is 14.9. The van der Waals surface area contributed by atoms with Crippen molar-refractivity contribution < 1.29 is 29.2 Å². The average molecular weight is 423 g/mol. The number of fused-ring (bicyclic) bond motifs is 1. The first kappa shape index (κ1) is 19.8. The Morgan fingerprint density at radius 3 is 2.52 bits per heavy atom. The van der Waals surface area contributed by atoms with E-state index in [0.717, 1.165) is 6.07 Å². The monoisotopic (exact) mass is 423 g/mol. The van der Waals surface area contributed by atoms with E-state index in [1.54, 1.807) is 30.5 Å². The van der Waals surface area contributed by atoms with E-state index in [2.05, 4.69) is 15.2 Å². The third-order valence-electron chi connectivity index (χ3n) is 4.53. The number of aromatic hydroxyl groups is 2. The van der Waals surface area contributed by atoms with Crippen LogP contribution in [0.4, 0.5) is 4.79 Å². The van der Waals surface area contributed by atoms with Crippen molar-refractivity contribution >= 4 is 17.0 Å². The van der Waals surface area contributed by atoms with Gasteiger partial charge in [-0.25, -0.2) is 9.36 Å². The van der Waals surface area contributed by atoms with Gasteiger partial charge < -0.3 is 30.2 Å². The van der Waals surface area contributed by atoms with E-state index in [0.29, 0.717) is 22.3 Å². The maximum absolute atomic E-state index is 11.5. The largest absolute Gasteiger partial charge is 0.507 e. The normalized spacial score (nSPS) is 10.8. The van der Waals surface area contributed by atoms with Gasteiger partial charge in [-0.05, 0) is 30.3 Å². The molecule has 4 rings (SSSR count). The fourth-order valence-electron chi connectivity index (χ4n) is 3.21. The predicted octanol–water partition coefficient (Wildman–Crippen LogP) is 2.37. The molecular weight excluding hydrogens is 406 g/mol. The van der Waals surface area contributed by atoms with Crippen LogP contribution in [0, 0.1) is 0 Å². The number of pyridine rings is 1. The molecule has 31 heavy (non-hydrogen) atoms. The summed E-state index contributed by atoms with van der Waals surface area (Å²) in [4.78, 5) is 15.8. The van der Waals surface area contributed by atoms with Gasteiger partial charge in [-0.2, -0.15) is 0 Å². The van der Waals surface area contributed by atoms with E-state index in [-0.39, 0.29) is 34.6 Å². The van der Waals surface area contributed by atoms with Gasteiger partial charge in [0.2, 0.25) is 0 Å². The van der Waals surface area contributed by atoms with Crippen LogP contribution < -0.4 is 19.9 Å². The summed E-state index contributed by atoms with van der Waals surface area (Å²) in [6.45, 7) is 0. The number of nitrogens with zero attached hydrogens (tertiary/aromatic N) is 4. The quantitative estimate of drug-likeness (QED) is 0.439. The predicted molar refractivity (Wildman–Crippen MR) is 109 cm³/mol. The van der Waals surface area contributed by atoms with Crippen LogP contribution in [0.15, 0.2) is 42.6 Å². The Hall–Kier alpha value is -4.54. The van der Waals surface area contributed by atoms with E-state index in [9.17, 15) is 15.0 Å². The third kappa shape index (κ3) is 3.37. The molecule has 0 spiro atoms. The number of methoxy groups -OCH3 is 2. The molecule has 0 radical (unpaired) electrons. The highest BCUT2D eigenvalue weighted by Gasteiger charge is 2.24. The summed E-state index contributed by atoms with van der Waals surface area (Å²) in [7, 11) is 2.89. The van der Waals surface area contributed by atoms with Crippen LogP contribution in [-0.2, 0) is 0 Å². The molecule has 0 fully saturated rings. The van der Waals surface area contributed by atoms with Gasteiger partial charge in [-0.1, -0.05) is 5.10 Å². The molecule has 1 amide bonds. The van der Waals surface area contributed by atoms with Gasteiger partial charge in [0.1, 0.15) is 17.0 Å². The fraction of sp³-hybridized carbons (Fsp3) is 0.100. The molecule has 0 bridgehead atoms. The number of ether oxygens (including phenoxy) is 3. The second-order valence-corrected chi connectivity index (χ2v) is 6.29. The van der Waals surface area contributed by atoms with Gasteiger partial charge in [0.05, 0.1) is 25.5 Å². The smallest absolute Gasteiger partial charge is 0.412 e. The molecule has 11 nitrogen and oxygen atoms in total. The van der Waals surface area contributed by atoms with Gasteiger partial charge in [0, 0.05) is 17.6 Å². The molecule has 0 aliphatic carbocycles.